The van der Waals surface area contributed by atoms with E-state index < -0.39 is 0 Å². The van der Waals surface area contributed by atoms with Crippen molar-refractivity contribution in [2.75, 3.05) is 18.8 Å². The maximum Gasteiger partial charge on any atom is 0.254 e. The Hall–Kier alpha value is -1.82. The zero-order valence-corrected chi connectivity index (χ0v) is 15.2. The number of rotatable bonds is 4. The number of aryl methyl sites for hydroxylation is 1. The van der Waals surface area contributed by atoms with Crippen molar-refractivity contribution in [2.24, 2.45) is 0 Å². The number of carbonyl (C=O) groups is 1. The third-order valence-corrected chi connectivity index (χ3v) is 6.44. The fraction of sp³-hybridized carbons (Fsp3) is 0.500. The van der Waals surface area contributed by atoms with Gasteiger partial charge in [-0.25, -0.2) is 0 Å². The van der Waals surface area contributed by atoms with Crippen molar-refractivity contribution < 1.29 is 9.21 Å². The van der Waals surface area contributed by atoms with Crippen molar-refractivity contribution in [2.45, 2.75) is 38.4 Å². The van der Waals surface area contributed by atoms with Gasteiger partial charge in [-0.1, -0.05) is 26.0 Å². The number of thioether (sulfide) groups is 1. The van der Waals surface area contributed by atoms with Gasteiger partial charge in [-0.15, -0.1) is 10.2 Å². The molecule has 1 aliphatic rings. The Balaban J connectivity index is 1.91. The highest BCUT2D eigenvalue weighted by molar-refractivity contribution is 8.00. The second-order valence-electron chi connectivity index (χ2n) is 6.14. The molecule has 0 N–H and O–H groups in total. The number of hydrogen-bond donors (Lipinski definition) is 0. The molecule has 0 unspecified atom stereocenters. The first-order chi connectivity index (χ1) is 11.6. The predicted molar refractivity (Wildman–Crippen MR) is 96.1 cm³/mol. The highest BCUT2D eigenvalue weighted by Gasteiger charge is 2.35. The van der Waals surface area contributed by atoms with Crippen molar-refractivity contribution >= 4 is 17.7 Å². The van der Waals surface area contributed by atoms with E-state index in [0.29, 0.717) is 22.9 Å². The van der Waals surface area contributed by atoms with Gasteiger partial charge in [0.1, 0.15) is 0 Å². The van der Waals surface area contributed by atoms with E-state index in [1.165, 1.54) is 0 Å². The summed E-state index contributed by atoms with van der Waals surface area (Å²) < 4.78 is 5.70. The molecule has 1 saturated heterocycles. The van der Waals surface area contributed by atoms with Crippen LogP contribution in [0.1, 0.15) is 42.9 Å². The van der Waals surface area contributed by atoms with Crippen LogP contribution in [0.25, 0.3) is 11.5 Å². The average molecular weight is 345 g/mol. The van der Waals surface area contributed by atoms with Gasteiger partial charge in [0.05, 0.1) is 11.1 Å². The molecule has 1 amide bonds. The lowest BCUT2D eigenvalue weighted by Crippen LogP contribution is -2.48. The molecule has 6 heteroatoms. The Morgan fingerprint density at radius 3 is 2.71 bits per heavy atom. The molecule has 0 bridgehead atoms. The summed E-state index contributed by atoms with van der Waals surface area (Å²) in [5.74, 6) is 1.93. The Labute approximate surface area is 146 Å². The molecule has 0 radical (unpaired) electrons. The van der Waals surface area contributed by atoms with Gasteiger partial charge in [0, 0.05) is 30.5 Å². The van der Waals surface area contributed by atoms with E-state index >= 15 is 0 Å². The van der Waals surface area contributed by atoms with Crippen LogP contribution in [0.3, 0.4) is 0 Å². The fourth-order valence-corrected chi connectivity index (χ4v) is 4.53. The summed E-state index contributed by atoms with van der Waals surface area (Å²) >= 11 is 2.00. The lowest BCUT2D eigenvalue weighted by molar-refractivity contribution is 0.0739. The summed E-state index contributed by atoms with van der Waals surface area (Å²) in [5.41, 5.74) is 1.34. The lowest BCUT2D eigenvalue weighted by Gasteiger charge is -2.41. The van der Waals surface area contributed by atoms with Crippen molar-refractivity contribution in [1.82, 2.24) is 15.1 Å². The van der Waals surface area contributed by atoms with E-state index in [-0.39, 0.29) is 10.7 Å². The normalized spacial score (nSPS) is 17.0. The number of aromatic nitrogens is 2. The van der Waals surface area contributed by atoms with Crippen LogP contribution in [0.4, 0.5) is 0 Å². The topological polar surface area (TPSA) is 59.2 Å². The number of amides is 1. The summed E-state index contributed by atoms with van der Waals surface area (Å²) in [6.07, 6.45) is 2.14. The molecule has 2 heterocycles. The first-order valence-electron chi connectivity index (χ1n) is 8.41. The summed E-state index contributed by atoms with van der Waals surface area (Å²) in [6, 6.07) is 7.48. The Morgan fingerprint density at radius 2 is 2.04 bits per heavy atom. The highest BCUT2D eigenvalue weighted by atomic mass is 32.2. The third-order valence-electron chi connectivity index (χ3n) is 4.74. The maximum absolute atomic E-state index is 13.1. The van der Waals surface area contributed by atoms with Crippen molar-refractivity contribution in [1.29, 1.82) is 0 Å². The summed E-state index contributed by atoms with van der Waals surface area (Å²) in [7, 11) is 0. The van der Waals surface area contributed by atoms with Crippen molar-refractivity contribution in [3.63, 3.8) is 0 Å². The van der Waals surface area contributed by atoms with E-state index in [1.54, 1.807) is 6.92 Å². The largest absolute Gasteiger partial charge is 0.421 e. The van der Waals surface area contributed by atoms with Crippen LogP contribution in [0, 0.1) is 6.92 Å². The molecular formula is C18H23N3O2S. The predicted octanol–water partition coefficient (Wildman–Crippen LogP) is 3.79. The van der Waals surface area contributed by atoms with Crippen LogP contribution in [0.2, 0.25) is 0 Å². The van der Waals surface area contributed by atoms with Gasteiger partial charge in [0.2, 0.25) is 11.8 Å². The fourth-order valence-electron chi connectivity index (χ4n) is 3.13. The van der Waals surface area contributed by atoms with Crippen LogP contribution >= 0.6 is 11.8 Å². The van der Waals surface area contributed by atoms with E-state index in [9.17, 15) is 4.79 Å². The van der Waals surface area contributed by atoms with Crippen molar-refractivity contribution in [3.8, 4) is 11.5 Å². The minimum Gasteiger partial charge on any atom is -0.421 e. The van der Waals surface area contributed by atoms with E-state index in [4.69, 9.17) is 4.42 Å². The lowest BCUT2D eigenvalue weighted by atomic mass is 9.99. The zero-order chi connectivity index (χ0) is 17.2. The Kier molecular flexibility index (Phi) is 4.94. The molecule has 5 nitrogen and oxygen atoms in total. The number of benzene rings is 1. The molecule has 0 aliphatic carbocycles. The Bertz CT molecular complexity index is 725. The van der Waals surface area contributed by atoms with Gasteiger partial charge in [0.25, 0.3) is 5.91 Å². The second-order valence-corrected chi connectivity index (χ2v) is 7.70. The van der Waals surface area contributed by atoms with Crippen LogP contribution in [-0.2, 0) is 0 Å². The van der Waals surface area contributed by atoms with Gasteiger partial charge in [-0.05, 0) is 25.0 Å². The molecule has 1 aromatic heterocycles. The molecule has 1 fully saturated rings. The number of nitrogens with zero attached hydrogens (tertiary/aromatic N) is 3. The monoisotopic (exact) mass is 345 g/mol. The molecule has 0 saturated carbocycles. The molecule has 3 rings (SSSR count). The first-order valence-corrected chi connectivity index (χ1v) is 9.40. The van der Waals surface area contributed by atoms with Gasteiger partial charge in [-0.3, -0.25) is 4.79 Å². The van der Waals surface area contributed by atoms with Crippen LogP contribution < -0.4 is 0 Å². The van der Waals surface area contributed by atoms with E-state index in [1.807, 2.05) is 40.9 Å². The van der Waals surface area contributed by atoms with Crippen LogP contribution in [-0.4, -0.2) is 44.6 Å². The van der Waals surface area contributed by atoms with Crippen LogP contribution in [0.15, 0.2) is 28.7 Å². The van der Waals surface area contributed by atoms with Crippen LogP contribution in [0.5, 0.6) is 0 Å². The molecule has 0 atom stereocenters. The van der Waals surface area contributed by atoms with E-state index in [0.717, 1.165) is 31.7 Å². The SMILES string of the molecule is CCC1(CC)CN(C(=O)c2ccccc2-c2nnc(C)o2)CCS1. The summed E-state index contributed by atoms with van der Waals surface area (Å²) in [4.78, 5) is 15.1. The number of hydrogen-bond acceptors (Lipinski definition) is 5. The standard InChI is InChI=1S/C18H23N3O2S/c1-4-18(5-2)12-21(10-11-24-18)17(22)15-9-7-6-8-14(15)16-20-19-13(3)23-16/h6-9H,4-5,10-12H2,1-3H3. The second kappa shape index (κ2) is 6.97. The van der Waals surface area contributed by atoms with Gasteiger partial charge in [0.15, 0.2) is 0 Å². The maximum atomic E-state index is 13.1. The first kappa shape index (κ1) is 17.0. The van der Waals surface area contributed by atoms with Gasteiger partial charge in [-0.2, -0.15) is 11.8 Å². The smallest absolute Gasteiger partial charge is 0.254 e. The van der Waals surface area contributed by atoms with E-state index in [2.05, 4.69) is 24.0 Å². The molecule has 24 heavy (non-hydrogen) atoms. The summed E-state index contributed by atoms with van der Waals surface area (Å²) in [5, 5.41) is 7.95. The van der Waals surface area contributed by atoms with Crippen molar-refractivity contribution in [3.05, 3.63) is 35.7 Å². The summed E-state index contributed by atoms with van der Waals surface area (Å²) in [6.45, 7) is 7.74. The molecule has 0 spiro atoms. The minimum absolute atomic E-state index is 0.0491. The minimum atomic E-state index is 0.0491. The average Bonchev–Trinajstić information content (AvgIpc) is 3.07. The van der Waals surface area contributed by atoms with Gasteiger partial charge >= 0.3 is 0 Å². The molecule has 1 aromatic carbocycles. The molecule has 1 aliphatic heterocycles. The Morgan fingerprint density at radius 1 is 1.29 bits per heavy atom. The zero-order valence-electron chi connectivity index (χ0n) is 14.4. The third kappa shape index (κ3) is 3.20. The molecule has 128 valence electrons. The number of carbonyl (C=O) groups excluding carboxylic acids is 1. The quantitative estimate of drug-likeness (QED) is 0.844. The van der Waals surface area contributed by atoms with Gasteiger partial charge < -0.3 is 9.32 Å². The molecular weight excluding hydrogens is 322 g/mol. The highest BCUT2D eigenvalue weighted by Crippen LogP contribution is 2.37. The molecule has 2 aromatic rings.